The minimum Gasteiger partial charge on any atom is -0.338 e. The van der Waals surface area contributed by atoms with E-state index in [1.807, 2.05) is 41.4 Å². The van der Waals surface area contributed by atoms with Crippen LogP contribution in [0.25, 0.3) is 10.9 Å². The second-order valence-electron chi connectivity index (χ2n) is 10.2. The largest absolute Gasteiger partial charge is 0.338 e. The van der Waals surface area contributed by atoms with E-state index < -0.39 is 0 Å². The zero-order valence-corrected chi connectivity index (χ0v) is 19.5. The van der Waals surface area contributed by atoms with Crippen molar-refractivity contribution in [1.82, 2.24) is 14.8 Å². The van der Waals surface area contributed by atoms with Crippen LogP contribution in [-0.4, -0.2) is 45.2 Å². The van der Waals surface area contributed by atoms with Crippen molar-refractivity contribution in [1.29, 1.82) is 0 Å². The summed E-state index contributed by atoms with van der Waals surface area (Å²) in [4.78, 5) is 34.2. The van der Waals surface area contributed by atoms with E-state index in [4.69, 9.17) is 0 Å². The summed E-state index contributed by atoms with van der Waals surface area (Å²) in [6, 6.07) is 19.2. The third-order valence-electron chi connectivity index (χ3n) is 8.03. The molecular formula is C29H31N3O2. The Morgan fingerprint density at radius 1 is 1.00 bits per heavy atom. The molecule has 3 aliphatic rings. The normalized spacial score (nSPS) is 24.2. The van der Waals surface area contributed by atoms with E-state index in [0.29, 0.717) is 31.0 Å². The summed E-state index contributed by atoms with van der Waals surface area (Å²) in [5.41, 5.74) is 4.25. The number of fused-ring (bicyclic) bond motifs is 3. The van der Waals surface area contributed by atoms with Gasteiger partial charge >= 0.3 is 0 Å². The van der Waals surface area contributed by atoms with Crippen molar-refractivity contribution in [2.24, 2.45) is 5.92 Å². The lowest BCUT2D eigenvalue weighted by atomic mass is 9.84. The molecule has 2 atom stereocenters. The van der Waals surface area contributed by atoms with Crippen LogP contribution < -0.4 is 0 Å². The molecule has 6 rings (SSSR count). The van der Waals surface area contributed by atoms with Crippen LogP contribution in [0.4, 0.5) is 0 Å². The van der Waals surface area contributed by atoms with E-state index >= 15 is 0 Å². The highest BCUT2D eigenvalue weighted by Crippen LogP contribution is 2.41. The number of aromatic nitrogens is 1. The Balaban J connectivity index is 1.16. The molecule has 34 heavy (non-hydrogen) atoms. The summed E-state index contributed by atoms with van der Waals surface area (Å²) in [6.07, 6.45) is 8.84. The maximum Gasteiger partial charge on any atom is 0.254 e. The van der Waals surface area contributed by atoms with Gasteiger partial charge in [-0.25, -0.2) is 0 Å². The molecule has 0 aliphatic carbocycles. The predicted octanol–water partition coefficient (Wildman–Crippen LogP) is 4.98. The number of rotatable bonds is 5. The molecule has 1 aromatic heterocycles. The molecule has 0 radical (unpaired) electrons. The maximum atomic E-state index is 13.6. The van der Waals surface area contributed by atoms with Gasteiger partial charge in [0, 0.05) is 48.7 Å². The molecule has 3 fully saturated rings. The molecule has 0 spiro atoms. The Bertz CT molecular complexity index is 1220. The Hall–Kier alpha value is -3.21. The van der Waals surface area contributed by atoms with Crippen molar-refractivity contribution >= 4 is 22.7 Å². The van der Waals surface area contributed by atoms with Gasteiger partial charge in [-0.2, -0.15) is 0 Å². The van der Waals surface area contributed by atoms with Gasteiger partial charge in [0.2, 0.25) is 5.91 Å². The zero-order valence-electron chi connectivity index (χ0n) is 19.5. The highest BCUT2D eigenvalue weighted by atomic mass is 16.2. The molecule has 0 N–H and O–H groups in total. The first kappa shape index (κ1) is 21.3. The maximum absolute atomic E-state index is 13.6. The lowest BCUT2D eigenvalue weighted by Crippen LogP contribution is -2.47. The fraction of sp³-hybridized carbons (Fsp3) is 0.414. The minimum absolute atomic E-state index is 0.162. The number of benzene rings is 2. The Labute approximate surface area is 200 Å². The zero-order chi connectivity index (χ0) is 23.1. The topological polar surface area (TPSA) is 53.5 Å². The van der Waals surface area contributed by atoms with Crippen molar-refractivity contribution in [3.05, 3.63) is 77.5 Å². The van der Waals surface area contributed by atoms with Gasteiger partial charge in [-0.15, -0.1) is 0 Å². The first-order chi connectivity index (χ1) is 16.7. The van der Waals surface area contributed by atoms with Crippen molar-refractivity contribution in [2.45, 2.75) is 63.6 Å². The highest BCUT2D eigenvalue weighted by Gasteiger charge is 2.43. The summed E-state index contributed by atoms with van der Waals surface area (Å²) < 4.78 is 0. The molecule has 2 bridgehead atoms. The molecule has 2 aromatic carbocycles. The number of amides is 2. The van der Waals surface area contributed by atoms with Gasteiger partial charge in [-0.3, -0.25) is 14.6 Å². The van der Waals surface area contributed by atoms with Crippen LogP contribution in [0.15, 0.2) is 60.8 Å². The molecule has 0 saturated carbocycles. The lowest BCUT2D eigenvalue weighted by molar-refractivity contribution is -0.128. The van der Waals surface area contributed by atoms with E-state index in [2.05, 4.69) is 34.1 Å². The van der Waals surface area contributed by atoms with Gasteiger partial charge < -0.3 is 9.80 Å². The van der Waals surface area contributed by atoms with Gasteiger partial charge in [0.05, 0.1) is 5.52 Å². The lowest BCUT2D eigenvalue weighted by Gasteiger charge is -2.39. The Morgan fingerprint density at radius 3 is 2.62 bits per heavy atom. The van der Waals surface area contributed by atoms with Crippen LogP contribution in [0.1, 0.15) is 60.0 Å². The van der Waals surface area contributed by atoms with Crippen LogP contribution in [-0.2, 0) is 17.8 Å². The van der Waals surface area contributed by atoms with Crippen LogP contribution >= 0.6 is 0 Å². The Kier molecular flexibility index (Phi) is 5.56. The molecule has 3 aromatic rings. The van der Waals surface area contributed by atoms with Gasteiger partial charge in [-0.1, -0.05) is 30.3 Å². The fourth-order valence-electron chi connectivity index (χ4n) is 6.49. The fourth-order valence-corrected chi connectivity index (χ4v) is 6.49. The molecule has 4 heterocycles. The van der Waals surface area contributed by atoms with Gasteiger partial charge in [-0.05, 0) is 79.8 Å². The SMILES string of the molecule is O=C1CCCN1Cc1cccc(C(=O)N2[C@H]3CC[C@H]2CC(Cc2cccc4ncccc24)C3)c1. The summed E-state index contributed by atoms with van der Waals surface area (Å²) in [7, 11) is 0. The van der Waals surface area contributed by atoms with E-state index in [-0.39, 0.29) is 11.8 Å². The molecule has 3 saturated heterocycles. The van der Waals surface area contributed by atoms with Crippen molar-refractivity contribution < 1.29 is 9.59 Å². The second kappa shape index (κ2) is 8.86. The average molecular weight is 454 g/mol. The summed E-state index contributed by atoms with van der Waals surface area (Å²) in [5, 5.41) is 1.25. The van der Waals surface area contributed by atoms with Gasteiger partial charge in [0.25, 0.3) is 5.91 Å². The number of carbonyl (C=O) groups excluding carboxylic acids is 2. The van der Waals surface area contributed by atoms with Crippen LogP contribution in [0.3, 0.4) is 0 Å². The first-order valence-electron chi connectivity index (χ1n) is 12.7. The number of likely N-dealkylation sites (tertiary alicyclic amines) is 1. The summed E-state index contributed by atoms with van der Waals surface area (Å²) >= 11 is 0. The number of nitrogens with zero attached hydrogens (tertiary/aromatic N) is 3. The molecule has 5 heteroatoms. The van der Waals surface area contributed by atoms with E-state index in [1.54, 1.807) is 0 Å². The summed E-state index contributed by atoms with van der Waals surface area (Å²) in [5.74, 6) is 0.980. The van der Waals surface area contributed by atoms with E-state index in [0.717, 1.165) is 61.7 Å². The van der Waals surface area contributed by atoms with Gasteiger partial charge in [0.1, 0.15) is 0 Å². The standard InChI is InChI=1S/C29H31N3O2/c33-28-10-4-14-31(28)19-20-5-1-7-23(15-20)29(34)32-24-11-12-25(32)18-21(17-24)16-22-6-2-9-27-26(22)8-3-13-30-27/h1-3,5-9,13,15,21,24-25H,4,10-12,14,16-19H2/t24-,25-/m0/s1. The van der Waals surface area contributed by atoms with E-state index in [9.17, 15) is 9.59 Å². The third kappa shape index (κ3) is 3.97. The second-order valence-corrected chi connectivity index (χ2v) is 10.2. The number of pyridine rings is 1. The summed E-state index contributed by atoms with van der Waals surface area (Å²) in [6.45, 7) is 1.43. The third-order valence-corrected chi connectivity index (χ3v) is 8.03. The number of carbonyl (C=O) groups is 2. The quantitative estimate of drug-likeness (QED) is 0.547. The molecule has 5 nitrogen and oxygen atoms in total. The van der Waals surface area contributed by atoms with Gasteiger partial charge in [0.15, 0.2) is 0 Å². The average Bonchev–Trinajstić information content (AvgIpc) is 3.38. The van der Waals surface area contributed by atoms with E-state index in [1.165, 1.54) is 10.9 Å². The molecular weight excluding hydrogens is 422 g/mol. The monoisotopic (exact) mass is 453 g/mol. The number of hydrogen-bond acceptors (Lipinski definition) is 3. The van der Waals surface area contributed by atoms with Crippen molar-refractivity contribution in [2.75, 3.05) is 6.54 Å². The smallest absolute Gasteiger partial charge is 0.254 e. The molecule has 0 unspecified atom stereocenters. The number of piperidine rings is 1. The highest BCUT2D eigenvalue weighted by molar-refractivity contribution is 5.95. The Morgan fingerprint density at radius 2 is 1.82 bits per heavy atom. The van der Waals surface area contributed by atoms with Crippen molar-refractivity contribution in [3.8, 4) is 0 Å². The van der Waals surface area contributed by atoms with Crippen LogP contribution in [0.5, 0.6) is 0 Å². The van der Waals surface area contributed by atoms with Crippen molar-refractivity contribution in [3.63, 3.8) is 0 Å². The first-order valence-corrected chi connectivity index (χ1v) is 12.7. The van der Waals surface area contributed by atoms with Crippen LogP contribution in [0, 0.1) is 5.92 Å². The molecule has 3 aliphatic heterocycles. The van der Waals surface area contributed by atoms with Crippen LogP contribution in [0.2, 0.25) is 0 Å². The predicted molar refractivity (Wildman–Crippen MR) is 132 cm³/mol. The number of hydrogen-bond donors (Lipinski definition) is 0. The minimum atomic E-state index is 0.162. The molecule has 2 amide bonds. The molecule has 174 valence electrons.